The second kappa shape index (κ2) is 7.60. The second-order valence-electron chi connectivity index (χ2n) is 8.16. The third-order valence-corrected chi connectivity index (χ3v) is 5.82. The lowest BCUT2D eigenvalue weighted by molar-refractivity contribution is -0.115. The first-order valence-electron chi connectivity index (χ1n) is 9.58. The van der Waals surface area contributed by atoms with Crippen LogP contribution in [0.1, 0.15) is 43.9 Å². The monoisotopic (exact) mass is 422 g/mol. The molecule has 7 nitrogen and oxygen atoms in total. The Morgan fingerprint density at radius 2 is 1.90 bits per heavy atom. The molecular formula is C22H22N4O3S. The van der Waals surface area contributed by atoms with Crippen molar-refractivity contribution in [3.8, 4) is 11.4 Å². The van der Waals surface area contributed by atoms with Gasteiger partial charge in [0, 0.05) is 27.1 Å². The molecule has 0 radical (unpaired) electrons. The molecule has 0 spiro atoms. The van der Waals surface area contributed by atoms with Crippen molar-refractivity contribution in [3.05, 3.63) is 53.9 Å². The Balaban J connectivity index is 1.47. The van der Waals surface area contributed by atoms with E-state index in [0.29, 0.717) is 28.7 Å². The summed E-state index contributed by atoms with van der Waals surface area (Å²) in [7, 11) is 0. The average Bonchev–Trinajstić information content (AvgIpc) is 3.20. The van der Waals surface area contributed by atoms with Crippen LogP contribution in [0.5, 0.6) is 0 Å². The first-order chi connectivity index (χ1) is 14.2. The van der Waals surface area contributed by atoms with Crippen molar-refractivity contribution in [2.45, 2.75) is 43.3 Å². The minimum atomic E-state index is -0.252. The number of nitrogens with one attached hydrogen (secondary N) is 2. The number of fused-ring (bicyclic) bond motifs is 1. The van der Waals surface area contributed by atoms with Gasteiger partial charge in [0.05, 0.1) is 10.9 Å². The number of thioether (sulfide) groups is 1. The van der Waals surface area contributed by atoms with E-state index >= 15 is 0 Å². The molecule has 2 N–H and O–H groups in total. The first-order valence-corrected chi connectivity index (χ1v) is 10.5. The van der Waals surface area contributed by atoms with Gasteiger partial charge < -0.3 is 15.2 Å². The van der Waals surface area contributed by atoms with Crippen LogP contribution in [0.3, 0.4) is 0 Å². The van der Waals surface area contributed by atoms with Crippen molar-refractivity contribution >= 4 is 35.0 Å². The summed E-state index contributed by atoms with van der Waals surface area (Å²) >= 11 is 1.48. The number of carbonyl (C=O) groups excluding carboxylic acids is 2. The zero-order valence-electron chi connectivity index (χ0n) is 17.1. The molecule has 8 heteroatoms. The number of benzene rings is 2. The summed E-state index contributed by atoms with van der Waals surface area (Å²) in [5.41, 5.74) is 2.37. The van der Waals surface area contributed by atoms with Crippen molar-refractivity contribution in [1.82, 2.24) is 10.1 Å². The van der Waals surface area contributed by atoms with Crippen LogP contribution < -0.4 is 10.6 Å². The van der Waals surface area contributed by atoms with E-state index in [4.69, 9.17) is 4.52 Å². The molecule has 2 heterocycles. The number of anilines is 2. The zero-order chi connectivity index (χ0) is 21.5. The van der Waals surface area contributed by atoms with E-state index in [1.165, 1.54) is 11.8 Å². The van der Waals surface area contributed by atoms with Gasteiger partial charge in [-0.25, -0.2) is 0 Å². The van der Waals surface area contributed by atoms with Crippen molar-refractivity contribution in [1.29, 1.82) is 0 Å². The number of amides is 2. The molecule has 1 aliphatic heterocycles. The predicted octanol–water partition coefficient (Wildman–Crippen LogP) is 4.72. The van der Waals surface area contributed by atoms with Crippen LogP contribution in [-0.2, 0) is 10.2 Å². The lowest BCUT2D eigenvalue weighted by Crippen LogP contribution is -2.26. The second-order valence-corrected chi connectivity index (χ2v) is 9.55. The van der Waals surface area contributed by atoms with Gasteiger partial charge >= 0.3 is 0 Å². The highest BCUT2D eigenvalue weighted by Crippen LogP contribution is 2.36. The molecule has 0 bridgehead atoms. The van der Waals surface area contributed by atoms with Gasteiger partial charge in [0.1, 0.15) is 0 Å². The van der Waals surface area contributed by atoms with Crippen LogP contribution in [0.2, 0.25) is 0 Å². The van der Waals surface area contributed by atoms with E-state index in [2.05, 4.69) is 20.8 Å². The van der Waals surface area contributed by atoms with Crippen LogP contribution in [0.25, 0.3) is 11.4 Å². The Hall–Kier alpha value is -3.13. The van der Waals surface area contributed by atoms with Crippen LogP contribution in [0.4, 0.5) is 11.4 Å². The summed E-state index contributed by atoms with van der Waals surface area (Å²) in [6.45, 7) is 7.88. The number of hydrogen-bond donors (Lipinski definition) is 2. The Kier molecular flexibility index (Phi) is 5.11. The minimum Gasteiger partial charge on any atom is -0.338 e. The Bertz CT molecular complexity index is 1120. The van der Waals surface area contributed by atoms with Gasteiger partial charge in [0.2, 0.25) is 17.6 Å². The van der Waals surface area contributed by atoms with E-state index in [1.54, 1.807) is 24.3 Å². The van der Waals surface area contributed by atoms with Gasteiger partial charge in [-0.1, -0.05) is 25.9 Å². The molecule has 0 saturated carbocycles. The van der Waals surface area contributed by atoms with Crippen molar-refractivity contribution in [3.63, 3.8) is 0 Å². The predicted molar refractivity (Wildman–Crippen MR) is 117 cm³/mol. The van der Waals surface area contributed by atoms with E-state index in [-0.39, 0.29) is 22.5 Å². The molecule has 1 aromatic heterocycles. The summed E-state index contributed by atoms with van der Waals surface area (Å²) in [6.07, 6.45) is 0. The van der Waals surface area contributed by atoms with Crippen molar-refractivity contribution < 1.29 is 14.1 Å². The standard InChI is InChI=1S/C22H22N4O3S/c1-12-19(27)24-16-11-14(7-10-17(16)30-12)20(28)23-15-8-5-13(6-9-15)18-25-21(29-26-18)22(2,3)4/h5-12H,1-4H3,(H,23,28)(H,24,27)/t12-/m0/s1. The number of rotatable bonds is 3. The molecule has 2 aromatic carbocycles. The van der Waals surface area contributed by atoms with Crippen LogP contribution in [-0.4, -0.2) is 27.2 Å². The zero-order valence-corrected chi connectivity index (χ0v) is 18.0. The third kappa shape index (κ3) is 4.09. The molecule has 30 heavy (non-hydrogen) atoms. The number of aromatic nitrogens is 2. The fourth-order valence-electron chi connectivity index (χ4n) is 2.90. The highest BCUT2D eigenvalue weighted by molar-refractivity contribution is 8.00. The van der Waals surface area contributed by atoms with Gasteiger partial charge in [-0.2, -0.15) is 4.98 Å². The molecular weight excluding hydrogens is 400 g/mol. The molecule has 3 aromatic rings. The Morgan fingerprint density at radius 1 is 1.17 bits per heavy atom. The molecule has 0 saturated heterocycles. The third-order valence-electron chi connectivity index (χ3n) is 4.64. The average molecular weight is 423 g/mol. The molecule has 4 rings (SSSR count). The molecule has 2 amide bonds. The van der Waals surface area contributed by atoms with Gasteiger partial charge in [-0.15, -0.1) is 11.8 Å². The summed E-state index contributed by atoms with van der Waals surface area (Å²) in [4.78, 5) is 29.9. The van der Waals surface area contributed by atoms with Gasteiger partial charge in [0.25, 0.3) is 5.91 Å². The Morgan fingerprint density at radius 3 is 2.57 bits per heavy atom. The van der Waals surface area contributed by atoms with Gasteiger partial charge in [-0.05, 0) is 49.4 Å². The van der Waals surface area contributed by atoms with Crippen molar-refractivity contribution in [2.75, 3.05) is 10.6 Å². The maximum absolute atomic E-state index is 12.6. The topological polar surface area (TPSA) is 97.1 Å². The molecule has 1 atom stereocenters. The van der Waals surface area contributed by atoms with Gasteiger partial charge in [-0.3, -0.25) is 9.59 Å². The van der Waals surface area contributed by atoms with E-state index < -0.39 is 0 Å². The molecule has 1 aliphatic rings. The van der Waals surface area contributed by atoms with E-state index in [0.717, 1.165) is 10.5 Å². The van der Waals surface area contributed by atoms with Crippen LogP contribution in [0.15, 0.2) is 51.9 Å². The smallest absolute Gasteiger partial charge is 0.255 e. The largest absolute Gasteiger partial charge is 0.338 e. The lowest BCUT2D eigenvalue weighted by Gasteiger charge is -2.21. The lowest BCUT2D eigenvalue weighted by atomic mass is 9.97. The molecule has 0 aliphatic carbocycles. The minimum absolute atomic E-state index is 0.0586. The maximum atomic E-state index is 12.6. The summed E-state index contributed by atoms with van der Waals surface area (Å²) in [5.74, 6) is 0.770. The van der Waals surface area contributed by atoms with Gasteiger partial charge in [0.15, 0.2) is 0 Å². The number of nitrogens with zero attached hydrogens (tertiary/aromatic N) is 2. The Labute approximate surface area is 178 Å². The SMILES string of the molecule is C[C@@H]1Sc2ccc(C(=O)Nc3ccc(-c4noc(C(C)(C)C)n4)cc3)cc2NC1=O. The normalized spacial score (nSPS) is 16.0. The highest BCUT2D eigenvalue weighted by Gasteiger charge is 2.24. The molecule has 154 valence electrons. The van der Waals surface area contributed by atoms with E-state index in [1.807, 2.05) is 45.9 Å². The fourth-order valence-corrected chi connectivity index (χ4v) is 3.83. The van der Waals surface area contributed by atoms with Crippen LogP contribution in [0, 0.1) is 0 Å². The molecule has 0 fully saturated rings. The van der Waals surface area contributed by atoms with E-state index in [9.17, 15) is 9.59 Å². The summed E-state index contributed by atoms with van der Waals surface area (Å²) < 4.78 is 5.33. The van der Waals surface area contributed by atoms with Crippen LogP contribution >= 0.6 is 11.8 Å². The summed E-state index contributed by atoms with van der Waals surface area (Å²) in [5, 5.41) is 9.60. The quantitative estimate of drug-likeness (QED) is 0.634. The fraction of sp³-hybridized carbons (Fsp3) is 0.273. The first kappa shape index (κ1) is 20.2. The van der Waals surface area contributed by atoms with Crippen molar-refractivity contribution in [2.24, 2.45) is 0 Å². The maximum Gasteiger partial charge on any atom is 0.255 e. The number of carbonyl (C=O) groups is 2. The molecule has 0 unspecified atom stereocenters. The summed E-state index contributed by atoms with van der Waals surface area (Å²) in [6, 6.07) is 12.6. The number of hydrogen-bond acceptors (Lipinski definition) is 6. The highest BCUT2D eigenvalue weighted by atomic mass is 32.2.